The molecule has 104 valence electrons. The van der Waals surface area contributed by atoms with Gasteiger partial charge in [-0.1, -0.05) is 29.8 Å². The van der Waals surface area contributed by atoms with Gasteiger partial charge < -0.3 is 10.0 Å². The fourth-order valence-corrected chi connectivity index (χ4v) is 1.85. The average Bonchev–Trinajstić information content (AvgIpc) is 2.38. The first-order valence-corrected chi connectivity index (χ1v) is 6.58. The van der Waals surface area contributed by atoms with Crippen LogP contribution in [-0.2, 0) is 16.0 Å². The second kappa shape index (κ2) is 7.56. The van der Waals surface area contributed by atoms with Gasteiger partial charge in [-0.2, -0.15) is 0 Å². The fraction of sp³-hybridized carbons (Fsp3) is 0.467. The smallest absolute Gasteiger partial charge is 0.305 e. The molecule has 1 N–H and O–H groups in total. The number of nitrogens with zero attached hydrogens (tertiary/aromatic N) is 1. The molecule has 0 fully saturated rings. The van der Waals surface area contributed by atoms with Crippen LogP contribution in [0.3, 0.4) is 0 Å². The van der Waals surface area contributed by atoms with Gasteiger partial charge in [-0.25, -0.2) is 0 Å². The summed E-state index contributed by atoms with van der Waals surface area (Å²) >= 11 is 0. The highest BCUT2D eigenvalue weighted by Crippen LogP contribution is 2.07. The van der Waals surface area contributed by atoms with E-state index >= 15 is 0 Å². The Bertz CT molecular complexity index is 426. The summed E-state index contributed by atoms with van der Waals surface area (Å²) in [6, 6.07) is 8.11. The van der Waals surface area contributed by atoms with Crippen molar-refractivity contribution in [3.63, 3.8) is 0 Å². The van der Waals surface area contributed by atoms with Crippen molar-refractivity contribution < 1.29 is 14.7 Å². The molecule has 0 atom stereocenters. The lowest BCUT2D eigenvalue weighted by atomic mass is 10.1. The highest BCUT2D eigenvalue weighted by Gasteiger charge is 2.12. The van der Waals surface area contributed by atoms with Crippen molar-refractivity contribution in [2.45, 2.75) is 33.1 Å². The van der Waals surface area contributed by atoms with Crippen LogP contribution < -0.4 is 0 Å². The van der Waals surface area contributed by atoms with Crippen molar-refractivity contribution in [2.24, 2.45) is 0 Å². The van der Waals surface area contributed by atoms with Crippen LogP contribution >= 0.6 is 0 Å². The van der Waals surface area contributed by atoms with Crippen molar-refractivity contribution >= 4 is 11.9 Å². The summed E-state index contributed by atoms with van der Waals surface area (Å²) in [4.78, 5) is 24.1. The standard InChI is InChI=1S/C15H21NO3/c1-3-16(11-10-15(18)19)14(17)9-8-13-6-4-12(2)5-7-13/h4-7H,3,8-11H2,1-2H3,(H,18,19). The quantitative estimate of drug-likeness (QED) is 0.821. The lowest BCUT2D eigenvalue weighted by molar-refractivity contribution is -0.138. The molecule has 0 bridgehead atoms. The molecular weight excluding hydrogens is 242 g/mol. The Labute approximate surface area is 114 Å². The zero-order valence-corrected chi connectivity index (χ0v) is 11.6. The normalized spacial score (nSPS) is 10.2. The predicted octanol–water partition coefficient (Wildman–Crippen LogP) is 2.25. The van der Waals surface area contributed by atoms with E-state index < -0.39 is 5.97 Å². The summed E-state index contributed by atoms with van der Waals surface area (Å²) in [6.45, 7) is 4.74. The van der Waals surface area contributed by atoms with Crippen LogP contribution in [-0.4, -0.2) is 35.0 Å². The van der Waals surface area contributed by atoms with Crippen LogP contribution in [0.25, 0.3) is 0 Å². The molecule has 0 aliphatic rings. The predicted molar refractivity (Wildman–Crippen MR) is 74.0 cm³/mol. The number of carbonyl (C=O) groups excluding carboxylic acids is 1. The Morgan fingerprint density at radius 3 is 2.32 bits per heavy atom. The first-order chi connectivity index (χ1) is 9.02. The molecule has 0 radical (unpaired) electrons. The highest BCUT2D eigenvalue weighted by atomic mass is 16.4. The molecule has 0 aliphatic heterocycles. The number of carboxylic acids is 1. The molecule has 0 heterocycles. The van der Waals surface area contributed by atoms with Crippen molar-refractivity contribution in [1.82, 2.24) is 4.90 Å². The number of carbonyl (C=O) groups is 2. The molecule has 0 aliphatic carbocycles. The second-order valence-electron chi connectivity index (χ2n) is 4.60. The number of aryl methyl sites for hydroxylation is 2. The lowest BCUT2D eigenvalue weighted by Crippen LogP contribution is -2.32. The summed E-state index contributed by atoms with van der Waals surface area (Å²) in [5.41, 5.74) is 2.33. The largest absolute Gasteiger partial charge is 0.481 e. The van der Waals surface area contributed by atoms with Crippen LogP contribution in [0.5, 0.6) is 0 Å². The minimum atomic E-state index is -0.871. The van der Waals surface area contributed by atoms with Gasteiger partial charge in [-0.3, -0.25) is 9.59 Å². The molecule has 1 amide bonds. The molecule has 1 aromatic carbocycles. The molecule has 4 nitrogen and oxygen atoms in total. The van der Waals surface area contributed by atoms with Gasteiger partial charge in [0.05, 0.1) is 6.42 Å². The van der Waals surface area contributed by atoms with E-state index in [0.717, 1.165) is 5.56 Å². The van der Waals surface area contributed by atoms with E-state index in [2.05, 4.69) is 0 Å². The second-order valence-corrected chi connectivity index (χ2v) is 4.60. The molecule has 0 saturated heterocycles. The van der Waals surface area contributed by atoms with E-state index in [9.17, 15) is 9.59 Å². The maximum Gasteiger partial charge on any atom is 0.305 e. The number of hydrogen-bond acceptors (Lipinski definition) is 2. The first kappa shape index (κ1) is 15.2. The first-order valence-electron chi connectivity index (χ1n) is 6.58. The summed E-state index contributed by atoms with van der Waals surface area (Å²) < 4.78 is 0. The number of amides is 1. The molecule has 0 aromatic heterocycles. The van der Waals surface area contributed by atoms with Gasteiger partial charge in [0.25, 0.3) is 0 Å². The Balaban J connectivity index is 2.44. The number of aliphatic carboxylic acids is 1. The summed E-state index contributed by atoms with van der Waals surface area (Å²) in [7, 11) is 0. The van der Waals surface area contributed by atoms with Gasteiger partial charge in [-0.05, 0) is 25.8 Å². The van der Waals surface area contributed by atoms with Crippen molar-refractivity contribution in [2.75, 3.05) is 13.1 Å². The van der Waals surface area contributed by atoms with Crippen molar-refractivity contribution in [3.8, 4) is 0 Å². The third-order valence-corrected chi connectivity index (χ3v) is 3.08. The Hall–Kier alpha value is -1.84. The molecular formula is C15H21NO3. The lowest BCUT2D eigenvalue weighted by Gasteiger charge is -2.19. The van der Waals surface area contributed by atoms with Gasteiger partial charge in [-0.15, -0.1) is 0 Å². The van der Waals surface area contributed by atoms with Crippen molar-refractivity contribution in [1.29, 1.82) is 0 Å². The molecule has 0 saturated carbocycles. The minimum absolute atomic E-state index is 0.00408. The maximum absolute atomic E-state index is 12.0. The SMILES string of the molecule is CCN(CCC(=O)O)C(=O)CCc1ccc(C)cc1. The van der Waals surface area contributed by atoms with E-state index in [0.29, 0.717) is 25.9 Å². The number of rotatable bonds is 7. The zero-order chi connectivity index (χ0) is 14.3. The van der Waals surface area contributed by atoms with E-state index in [1.54, 1.807) is 4.90 Å². The third kappa shape index (κ3) is 5.55. The van der Waals surface area contributed by atoms with Crippen LogP contribution in [0.4, 0.5) is 0 Å². The van der Waals surface area contributed by atoms with Gasteiger partial charge in [0.2, 0.25) is 5.91 Å². The van der Waals surface area contributed by atoms with Gasteiger partial charge >= 0.3 is 5.97 Å². The zero-order valence-electron chi connectivity index (χ0n) is 11.6. The Kier molecular flexibility index (Phi) is 6.06. The summed E-state index contributed by atoms with van der Waals surface area (Å²) in [5.74, 6) is -0.853. The number of benzene rings is 1. The van der Waals surface area contributed by atoms with E-state index in [4.69, 9.17) is 5.11 Å². The van der Waals surface area contributed by atoms with Crippen molar-refractivity contribution in [3.05, 3.63) is 35.4 Å². The van der Waals surface area contributed by atoms with Gasteiger partial charge in [0, 0.05) is 19.5 Å². The van der Waals surface area contributed by atoms with Crippen LogP contribution in [0.1, 0.15) is 30.9 Å². The molecule has 19 heavy (non-hydrogen) atoms. The summed E-state index contributed by atoms with van der Waals surface area (Å²) in [5, 5.41) is 8.64. The topological polar surface area (TPSA) is 57.6 Å². The number of carboxylic acid groups (broad SMARTS) is 1. The molecule has 0 unspecified atom stereocenters. The molecule has 0 spiro atoms. The minimum Gasteiger partial charge on any atom is -0.481 e. The van der Waals surface area contributed by atoms with Crippen LogP contribution in [0.2, 0.25) is 0 Å². The van der Waals surface area contributed by atoms with Crippen LogP contribution in [0.15, 0.2) is 24.3 Å². The highest BCUT2D eigenvalue weighted by molar-refractivity contribution is 5.77. The van der Waals surface area contributed by atoms with E-state index in [-0.39, 0.29) is 12.3 Å². The van der Waals surface area contributed by atoms with E-state index in [1.165, 1.54) is 5.56 Å². The molecule has 1 rings (SSSR count). The molecule has 1 aromatic rings. The monoisotopic (exact) mass is 263 g/mol. The fourth-order valence-electron chi connectivity index (χ4n) is 1.85. The average molecular weight is 263 g/mol. The third-order valence-electron chi connectivity index (χ3n) is 3.08. The maximum atomic E-state index is 12.0. The molecule has 4 heteroatoms. The van der Waals surface area contributed by atoms with E-state index in [1.807, 2.05) is 38.1 Å². The Morgan fingerprint density at radius 1 is 1.16 bits per heavy atom. The van der Waals surface area contributed by atoms with Gasteiger partial charge in [0.15, 0.2) is 0 Å². The van der Waals surface area contributed by atoms with Gasteiger partial charge in [0.1, 0.15) is 0 Å². The Morgan fingerprint density at radius 2 is 1.79 bits per heavy atom. The summed E-state index contributed by atoms with van der Waals surface area (Å²) in [6.07, 6.45) is 1.13. The van der Waals surface area contributed by atoms with Crippen LogP contribution in [0, 0.1) is 6.92 Å². The number of hydrogen-bond donors (Lipinski definition) is 1.